The molecule has 2 aromatic carbocycles. The molecule has 0 aromatic heterocycles. The van der Waals surface area contributed by atoms with Crippen LogP contribution in [0.2, 0.25) is 0 Å². The third-order valence-corrected chi connectivity index (χ3v) is 3.51. The number of esters is 1. The molecule has 0 amide bonds. The predicted molar refractivity (Wildman–Crippen MR) is 67.3 cm³/mol. The average molecular weight is 226 g/mol. The van der Waals surface area contributed by atoms with Crippen molar-refractivity contribution in [3.05, 3.63) is 47.0 Å². The van der Waals surface area contributed by atoms with Gasteiger partial charge in [0.1, 0.15) is 0 Å². The number of methoxy groups -OCH3 is 1. The topological polar surface area (TPSA) is 26.3 Å². The summed E-state index contributed by atoms with van der Waals surface area (Å²) in [6.45, 7) is 0. The molecular weight excluding hydrogens is 212 g/mol. The van der Waals surface area contributed by atoms with Crippen LogP contribution in [0.1, 0.15) is 27.9 Å². The summed E-state index contributed by atoms with van der Waals surface area (Å²) in [5, 5.41) is 2.15. The van der Waals surface area contributed by atoms with Gasteiger partial charge in [0.25, 0.3) is 0 Å². The highest BCUT2D eigenvalue weighted by molar-refractivity contribution is 6.06. The van der Waals surface area contributed by atoms with Crippen molar-refractivity contribution in [3.8, 4) is 0 Å². The molecule has 0 aliphatic heterocycles. The molecule has 3 rings (SSSR count). The Morgan fingerprint density at radius 3 is 2.88 bits per heavy atom. The summed E-state index contributed by atoms with van der Waals surface area (Å²) in [7, 11) is 1.45. The zero-order chi connectivity index (χ0) is 11.8. The average Bonchev–Trinajstić information content (AvgIpc) is 2.82. The lowest BCUT2D eigenvalue weighted by atomic mass is 9.95. The molecule has 0 radical (unpaired) electrons. The zero-order valence-electron chi connectivity index (χ0n) is 9.82. The standard InChI is InChI=1S/C15H14O2/c1-17-15(16)14-12-7-3-2-5-10(12)9-11-6-4-8-13(11)14/h2-3,5,7,9H,4,6,8H2,1H3. The Morgan fingerprint density at radius 1 is 1.24 bits per heavy atom. The minimum absolute atomic E-state index is 0.208. The molecule has 1 aliphatic carbocycles. The summed E-state index contributed by atoms with van der Waals surface area (Å²) in [5.74, 6) is -0.208. The Morgan fingerprint density at radius 2 is 2.06 bits per heavy atom. The molecule has 17 heavy (non-hydrogen) atoms. The van der Waals surface area contributed by atoms with Crippen molar-refractivity contribution in [2.75, 3.05) is 7.11 Å². The Balaban J connectivity index is 2.39. The molecule has 0 N–H and O–H groups in total. The molecule has 0 saturated heterocycles. The van der Waals surface area contributed by atoms with E-state index in [1.807, 2.05) is 18.2 Å². The van der Waals surface area contributed by atoms with E-state index < -0.39 is 0 Å². The van der Waals surface area contributed by atoms with Crippen LogP contribution in [0.3, 0.4) is 0 Å². The van der Waals surface area contributed by atoms with E-state index >= 15 is 0 Å². The van der Waals surface area contributed by atoms with Gasteiger partial charge in [0.15, 0.2) is 0 Å². The van der Waals surface area contributed by atoms with Crippen LogP contribution in [-0.4, -0.2) is 13.1 Å². The first kappa shape index (κ1) is 10.3. The van der Waals surface area contributed by atoms with Gasteiger partial charge in [-0.05, 0) is 41.2 Å². The number of ether oxygens (including phenoxy) is 1. The van der Waals surface area contributed by atoms with Crippen molar-refractivity contribution in [3.63, 3.8) is 0 Å². The van der Waals surface area contributed by atoms with Crippen molar-refractivity contribution in [2.24, 2.45) is 0 Å². The van der Waals surface area contributed by atoms with Gasteiger partial charge in [-0.1, -0.05) is 30.3 Å². The smallest absolute Gasteiger partial charge is 0.338 e. The SMILES string of the molecule is COC(=O)c1c2c(cc3ccccc13)CCC2. The van der Waals surface area contributed by atoms with Gasteiger partial charge in [-0.25, -0.2) is 4.79 Å². The fraction of sp³-hybridized carbons (Fsp3) is 0.267. The molecule has 0 atom stereocenters. The maximum Gasteiger partial charge on any atom is 0.338 e. The number of carbonyl (C=O) groups excluding carboxylic acids is 1. The second-order valence-corrected chi connectivity index (χ2v) is 4.46. The Labute approximate surface area is 100 Å². The maximum absolute atomic E-state index is 12.0. The molecule has 0 bridgehead atoms. The summed E-state index contributed by atoms with van der Waals surface area (Å²) >= 11 is 0. The number of hydrogen-bond donors (Lipinski definition) is 0. The lowest BCUT2D eigenvalue weighted by molar-refractivity contribution is 0.0602. The molecular formula is C15H14O2. The fourth-order valence-corrected chi connectivity index (χ4v) is 2.75. The van der Waals surface area contributed by atoms with Gasteiger partial charge >= 0.3 is 5.97 Å². The predicted octanol–water partition coefficient (Wildman–Crippen LogP) is 3.12. The summed E-state index contributed by atoms with van der Waals surface area (Å²) in [6.07, 6.45) is 3.20. The third-order valence-electron chi connectivity index (χ3n) is 3.51. The molecule has 0 heterocycles. The van der Waals surface area contributed by atoms with E-state index in [0.717, 1.165) is 35.6 Å². The van der Waals surface area contributed by atoms with E-state index in [1.165, 1.54) is 18.2 Å². The quantitative estimate of drug-likeness (QED) is 0.698. The molecule has 2 heteroatoms. The highest BCUT2D eigenvalue weighted by Gasteiger charge is 2.22. The molecule has 2 nitrogen and oxygen atoms in total. The lowest BCUT2D eigenvalue weighted by Gasteiger charge is -2.11. The van der Waals surface area contributed by atoms with Crippen LogP contribution in [0.15, 0.2) is 30.3 Å². The molecule has 0 fully saturated rings. The number of hydrogen-bond acceptors (Lipinski definition) is 2. The van der Waals surface area contributed by atoms with E-state index in [4.69, 9.17) is 4.74 Å². The van der Waals surface area contributed by atoms with Crippen LogP contribution in [0.25, 0.3) is 10.8 Å². The van der Waals surface area contributed by atoms with Crippen molar-refractivity contribution in [1.29, 1.82) is 0 Å². The number of fused-ring (bicyclic) bond motifs is 2. The number of carbonyl (C=O) groups is 1. The first-order valence-electron chi connectivity index (χ1n) is 5.93. The minimum atomic E-state index is -0.208. The normalized spacial score (nSPS) is 13.7. The molecule has 1 aliphatic rings. The van der Waals surface area contributed by atoms with Crippen LogP contribution in [0, 0.1) is 0 Å². The first-order chi connectivity index (χ1) is 8.31. The minimum Gasteiger partial charge on any atom is -0.465 e. The zero-order valence-corrected chi connectivity index (χ0v) is 9.82. The monoisotopic (exact) mass is 226 g/mol. The lowest BCUT2D eigenvalue weighted by Crippen LogP contribution is -2.06. The van der Waals surface area contributed by atoms with E-state index in [0.29, 0.717) is 0 Å². The molecule has 0 spiro atoms. The molecule has 0 unspecified atom stereocenters. The largest absolute Gasteiger partial charge is 0.465 e. The summed E-state index contributed by atoms with van der Waals surface area (Å²) in [5.41, 5.74) is 3.28. The number of rotatable bonds is 1. The Kier molecular flexibility index (Phi) is 2.36. The Bertz CT molecular complexity index is 599. The highest BCUT2D eigenvalue weighted by Crippen LogP contribution is 2.32. The Hall–Kier alpha value is -1.83. The van der Waals surface area contributed by atoms with Crippen LogP contribution in [0.4, 0.5) is 0 Å². The van der Waals surface area contributed by atoms with Crippen LogP contribution in [-0.2, 0) is 17.6 Å². The molecule has 2 aromatic rings. The highest BCUT2D eigenvalue weighted by atomic mass is 16.5. The first-order valence-corrected chi connectivity index (χ1v) is 5.93. The second-order valence-electron chi connectivity index (χ2n) is 4.46. The van der Waals surface area contributed by atoms with Gasteiger partial charge in [0.2, 0.25) is 0 Å². The van der Waals surface area contributed by atoms with Crippen molar-refractivity contribution in [2.45, 2.75) is 19.3 Å². The number of benzene rings is 2. The van der Waals surface area contributed by atoms with Crippen molar-refractivity contribution in [1.82, 2.24) is 0 Å². The third kappa shape index (κ3) is 1.52. The van der Waals surface area contributed by atoms with Crippen LogP contribution >= 0.6 is 0 Å². The van der Waals surface area contributed by atoms with Gasteiger partial charge in [-0.2, -0.15) is 0 Å². The second kappa shape index (κ2) is 3.88. The van der Waals surface area contributed by atoms with E-state index in [2.05, 4.69) is 12.1 Å². The van der Waals surface area contributed by atoms with E-state index in [9.17, 15) is 4.79 Å². The fourth-order valence-electron chi connectivity index (χ4n) is 2.75. The van der Waals surface area contributed by atoms with Crippen LogP contribution < -0.4 is 0 Å². The van der Waals surface area contributed by atoms with Gasteiger partial charge in [0.05, 0.1) is 12.7 Å². The number of aryl methyl sites for hydroxylation is 1. The maximum atomic E-state index is 12.0. The van der Waals surface area contributed by atoms with Crippen molar-refractivity contribution < 1.29 is 9.53 Å². The van der Waals surface area contributed by atoms with Gasteiger partial charge in [-0.3, -0.25) is 0 Å². The van der Waals surface area contributed by atoms with Gasteiger partial charge in [-0.15, -0.1) is 0 Å². The molecule has 0 saturated carbocycles. The molecule has 86 valence electrons. The van der Waals surface area contributed by atoms with E-state index in [1.54, 1.807) is 0 Å². The summed E-state index contributed by atoms with van der Waals surface area (Å²) < 4.78 is 4.93. The summed E-state index contributed by atoms with van der Waals surface area (Å²) in [6, 6.07) is 10.2. The van der Waals surface area contributed by atoms with Crippen molar-refractivity contribution >= 4 is 16.7 Å². The van der Waals surface area contributed by atoms with Gasteiger partial charge < -0.3 is 4.74 Å². The van der Waals surface area contributed by atoms with Gasteiger partial charge in [0, 0.05) is 0 Å². The van der Waals surface area contributed by atoms with Crippen LogP contribution in [0.5, 0.6) is 0 Å². The van der Waals surface area contributed by atoms with E-state index in [-0.39, 0.29) is 5.97 Å². The summed E-state index contributed by atoms with van der Waals surface area (Å²) in [4.78, 5) is 12.0.